The lowest BCUT2D eigenvalue weighted by Gasteiger charge is -2.12. The van der Waals surface area contributed by atoms with Crippen molar-refractivity contribution in [2.24, 2.45) is 0 Å². The SMILES string of the molecule is ClC(Cl)=C(c1ccccc1Cl)c1ccccc1Br. The molecular weight excluding hydrogens is 354 g/mol. The lowest BCUT2D eigenvalue weighted by molar-refractivity contribution is 1.52. The molecule has 0 heterocycles. The van der Waals surface area contributed by atoms with E-state index >= 15 is 0 Å². The van der Waals surface area contributed by atoms with Gasteiger partial charge < -0.3 is 0 Å². The zero-order chi connectivity index (χ0) is 13.1. The van der Waals surface area contributed by atoms with E-state index in [0.29, 0.717) is 5.02 Å². The van der Waals surface area contributed by atoms with Crippen LogP contribution in [0.2, 0.25) is 5.02 Å². The van der Waals surface area contributed by atoms with Crippen molar-refractivity contribution in [3.8, 4) is 0 Å². The molecule has 0 N–H and O–H groups in total. The molecule has 0 amide bonds. The summed E-state index contributed by atoms with van der Waals surface area (Å²) in [5.74, 6) is 0. The van der Waals surface area contributed by atoms with Crippen LogP contribution in [-0.2, 0) is 0 Å². The number of hydrogen-bond donors (Lipinski definition) is 0. The average molecular weight is 362 g/mol. The van der Waals surface area contributed by atoms with Gasteiger partial charge in [-0.15, -0.1) is 0 Å². The van der Waals surface area contributed by atoms with Crippen LogP contribution in [0.1, 0.15) is 11.1 Å². The first kappa shape index (κ1) is 14.0. The number of benzene rings is 2. The summed E-state index contributed by atoms with van der Waals surface area (Å²) in [6.45, 7) is 0. The van der Waals surface area contributed by atoms with Gasteiger partial charge in [0.1, 0.15) is 4.49 Å². The lowest BCUT2D eigenvalue weighted by atomic mass is 9.99. The predicted molar refractivity (Wildman–Crippen MR) is 83.3 cm³/mol. The van der Waals surface area contributed by atoms with Crippen LogP contribution in [0.15, 0.2) is 57.5 Å². The van der Waals surface area contributed by atoms with Crippen LogP contribution in [0, 0.1) is 0 Å². The summed E-state index contributed by atoms with van der Waals surface area (Å²) in [5.41, 5.74) is 2.44. The van der Waals surface area contributed by atoms with Crippen molar-refractivity contribution < 1.29 is 0 Å². The quantitative estimate of drug-likeness (QED) is 0.588. The van der Waals surface area contributed by atoms with Crippen molar-refractivity contribution in [3.05, 3.63) is 73.6 Å². The van der Waals surface area contributed by atoms with Gasteiger partial charge in [0, 0.05) is 20.6 Å². The van der Waals surface area contributed by atoms with Crippen molar-refractivity contribution in [2.45, 2.75) is 0 Å². The molecule has 18 heavy (non-hydrogen) atoms. The summed E-state index contributed by atoms with van der Waals surface area (Å²) in [7, 11) is 0. The second kappa shape index (κ2) is 6.12. The molecule has 0 aromatic heterocycles. The smallest absolute Gasteiger partial charge is 0.0837 e. The second-order valence-corrected chi connectivity index (χ2v) is 5.81. The van der Waals surface area contributed by atoms with Crippen molar-refractivity contribution in [1.29, 1.82) is 0 Å². The largest absolute Gasteiger partial charge is 0.115 e. The van der Waals surface area contributed by atoms with Crippen LogP contribution in [0.4, 0.5) is 0 Å². The molecule has 0 nitrogen and oxygen atoms in total. The summed E-state index contributed by atoms with van der Waals surface area (Å²) in [4.78, 5) is 0. The monoisotopic (exact) mass is 360 g/mol. The molecule has 92 valence electrons. The van der Waals surface area contributed by atoms with Gasteiger partial charge in [-0.1, -0.05) is 87.1 Å². The molecule has 0 bridgehead atoms. The van der Waals surface area contributed by atoms with E-state index in [1.54, 1.807) is 0 Å². The van der Waals surface area contributed by atoms with E-state index in [4.69, 9.17) is 34.8 Å². The van der Waals surface area contributed by atoms with Gasteiger partial charge in [-0.05, 0) is 17.7 Å². The molecule has 0 saturated heterocycles. The highest BCUT2D eigenvalue weighted by Gasteiger charge is 2.14. The molecule has 4 heteroatoms. The Morgan fingerprint density at radius 2 is 1.39 bits per heavy atom. The predicted octanol–water partition coefficient (Wildman–Crippen LogP) is 6.30. The number of hydrogen-bond acceptors (Lipinski definition) is 0. The van der Waals surface area contributed by atoms with Crippen molar-refractivity contribution in [1.82, 2.24) is 0 Å². The molecule has 0 radical (unpaired) electrons. The summed E-state index contributed by atoms with van der Waals surface area (Å²) in [6.07, 6.45) is 0. The topological polar surface area (TPSA) is 0 Å². The van der Waals surface area contributed by atoms with Gasteiger partial charge in [0.2, 0.25) is 0 Å². The van der Waals surface area contributed by atoms with Crippen LogP contribution in [0.3, 0.4) is 0 Å². The van der Waals surface area contributed by atoms with E-state index in [-0.39, 0.29) is 4.49 Å². The minimum Gasteiger partial charge on any atom is -0.0837 e. The van der Waals surface area contributed by atoms with Gasteiger partial charge in [-0.3, -0.25) is 0 Å². The van der Waals surface area contributed by atoms with Crippen LogP contribution in [0.5, 0.6) is 0 Å². The maximum absolute atomic E-state index is 6.20. The van der Waals surface area contributed by atoms with Crippen LogP contribution < -0.4 is 0 Å². The molecule has 2 rings (SSSR count). The molecule has 0 saturated carbocycles. The standard InChI is InChI=1S/C14H8BrCl3/c15-11-7-3-1-5-9(11)13(14(17)18)10-6-2-4-8-12(10)16/h1-8H. The Balaban J connectivity index is 2.68. The van der Waals surface area contributed by atoms with Crippen LogP contribution in [-0.4, -0.2) is 0 Å². The Hall–Kier alpha value is -0.470. The van der Waals surface area contributed by atoms with E-state index < -0.39 is 0 Å². The first-order valence-electron chi connectivity index (χ1n) is 5.16. The highest BCUT2D eigenvalue weighted by atomic mass is 79.9. The molecule has 0 unspecified atom stereocenters. The first-order valence-corrected chi connectivity index (χ1v) is 7.09. The summed E-state index contributed by atoms with van der Waals surface area (Å²) in [5, 5.41) is 0.613. The van der Waals surface area contributed by atoms with Crippen molar-refractivity contribution >= 4 is 56.3 Å². The van der Waals surface area contributed by atoms with Gasteiger partial charge in [-0.2, -0.15) is 0 Å². The van der Waals surface area contributed by atoms with Gasteiger partial charge in [0.25, 0.3) is 0 Å². The molecule has 0 fully saturated rings. The normalized spacial score (nSPS) is 10.2. The van der Waals surface area contributed by atoms with E-state index in [1.807, 2.05) is 48.5 Å². The van der Waals surface area contributed by atoms with Gasteiger partial charge in [-0.25, -0.2) is 0 Å². The van der Waals surface area contributed by atoms with E-state index in [9.17, 15) is 0 Å². The second-order valence-electron chi connectivity index (χ2n) is 3.60. The molecular formula is C14H8BrCl3. The Morgan fingerprint density at radius 3 is 1.94 bits per heavy atom. The molecule has 2 aromatic carbocycles. The van der Waals surface area contributed by atoms with Crippen molar-refractivity contribution in [3.63, 3.8) is 0 Å². The zero-order valence-electron chi connectivity index (χ0n) is 9.13. The highest BCUT2D eigenvalue weighted by Crippen LogP contribution is 2.37. The van der Waals surface area contributed by atoms with E-state index in [2.05, 4.69) is 15.9 Å². The zero-order valence-corrected chi connectivity index (χ0v) is 13.0. The summed E-state index contributed by atoms with van der Waals surface area (Å²) in [6, 6.07) is 15.2. The molecule has 2 aromatic rings. The summed E-state index contributed by atoms with van der Waals surface area (Å²) >= 11 is 21.7. The third-order valence-corrected chi connectivity index (χ3v) is 3.87. The molecule has 0 atom stereocenters. The minimum atomic E-state index is 0.190. The lowest BCUT2D eigenvalue weighted by Crippen LogP contribution is -1.91. The Labute approximate surface area is 129 Å². The van der Waals surface area contributed by atoms with Crippen LogP contribution >= 0.6 is 50.7 Å². The molecule has 0 aliphatic rings. The highest BCUT2D eigenvalue weighted by molar-refractivity contribution is 9.10. The summed E-state index contributed by atoms with van der Waals surface area (Å²) < 4.78 is 1.11. The minimum absolute atomic E-state index is 0.190. The fraction of sp³-hybridized carbons (Fsp3) is 0. The van der Waals surface area contributed by atoms with Gasteiger partial charge in [0.05, 0.1) is 0 Å². The molecule has 0 aliphatic heterocycles. The average Bonchev–Trinajstić information content (AvgIpc) is 2.34. The van der Waals surface area contributed by atoms with Gasteiger partial charge in [0.15, 0.2) is 0 Å². The fourth-order valence-corrected chi connectivity index (χ4v) is 2.80. The number of halogens is 4. The third-order valence-electron chi connectivity index (χ3n) is 2.48. The number of rotatable bonds is 2. The molecule has 0 spiro atoms. The fourth-order valence-electron chi connectivity index (χ4n) is 1.68. The Morgan fingerprint density at radius 1 is 0.833 bits per heavy atom. The Kier molecular flexibility index (Phi) is 4.74. The van der Waals surface area contributed by atoms with Crippen LogP contribution in [0.25, 0.3) is 5.57 Å². The maximum atomic E-state index is 6.20. The van der Waals surface area contributed by atoms with Crippen molar-refractivity contribution in [2.75, 3.05) is 0 Å². The third kappa shape index (κ3) is 2.92. The Bertz CT molecular complexity index is 554. The van der Waals surface area contributed by atoms with E-state index in [0.717, 1.165) is 21.2 Å². The first-order chi connectivity index (χ1) is 8.61. The van der Waals surface area contributed by atoms with Gasteiger partial charge >= 0.3 is 0 Å². The molecule has 0 aliphatic carbocycles. The maximum Gasteiger partial charge on any atom is 0.115 e. The van der Waals surface area contributed by atoms with E-state index in [1.165, 1.54) is 0 Å².